The molecule has 3 heteroatoms. The molecule has 0 radical (unpaired) electrons. The standard InChI is InChI=1S/C14H15NO2/c1-9-7-8-11-5-3-4-6-12(11)13(9)15-10(2)14(16)17/h3-8,10,15H,1-2H3,(H,16,17). The molecule has 0 saturated heterocycles. The van der Waals surface area contributed by atoms with Crippen LogP contribution in [0.15, 0.2) is 36.4 Å². The Hall–Kier alpha value is -2.03. The maximum atomic E-state index is 10.9. The fourth-order valence-corrected chi connectivity index (χ4v) is 1.85. The SMILES string of the molecule is Cc1ccc2ccccc2c1NC(C)C(=O)O. The van der Waals surface area contributed by atoms with Gasteiger partial charge in [-0.05, 0) is 24.8 Å². The first-order valence-electron chi connectivity index (χ1n) is 5.57. The van der Waals surface area contributed by atoms with Crippen LogP contribution in [-0.4, -0.2) is 17.1 Å². The van der Waals surface area contributed by atoms with E-state index >= 15 is 0 Å². The zero-order chi connectivity index (χ0) is 12.4. The lowest BCUT2D eigenvalue weighted by molar-refractivity contribution is -0.137. The normalized spacial score (nSPS) is 12.4. The summed E-state index contributed by atoms with van der Waals surface area (Å²) in [6.45, 7) is 3.62. The molecule has 0 aliphatic heterocycles. The molecule has 0 aromatic heterocycles. The lowest BCUT2D eigenvalue weighted by atomic mass is 10.0. The topological polar surface area (TPSA) is 49.3 Å². The summed E-state index contributed by atoms with van der Waals surface area (Å²) in [7, 11) is 0. The van der Waals surface area contributed by atoms with E-state index in [0.29, 0.717) is 0 Å². The van der Waals surface area contributed by atoms with Crippen LogP contribution in [0.4, 0.5) is 5.69 Å². The van der Waals surface area contributed by atoms with Crippen molar-refractivity contribution in [2.75, 3.05) is 5.32 Å². The molecule has 2 N–H and O–H groups in total. The highest BCUT2D eigenvalue weighted by atomic mass is 16.4. The lowest BCUT2D eigenvalue weighted by Crippen LogP contribution is -2.25. The van der Waals surface area contributed by atoms with Crippen LogP contribution in [0, 0.1) is 6.92 Å². The third-order valence-electron chi connectivity index (χ3n) is 2.87. The van der Waals surface area contributed by atoms with Crippen molar-refractivity contribution in [3.63, 3.8) is 0 Å². The van der Waals surface area contributed by atoms with Crippen LogP contribution in [0.1, 0.15) is 12.5 Å². The molecule has 1 unspecified atom stereocenters. The molecule has 0 aliphatic carbocycles. The molecule has 0 aliphatic rings. The first-order valence-corrected chi connectivity index (χ1v) is 5.57. The summed E-state index contributed by atoms with van der Waals surface area (Å²) in [5.74, 6) is -0.850. The van der Waals surface area contributed by atoms with Gasteiger partial charge in [-0.15, -0.1) is 0 Å². The van der Waals surface area contributed by atoms with Crippen LogP contribution >= 0.6 is 0 Å². The number of anilines is 1. The van der Waals surface area contributed by atoms with Gasteiger partial charge in [0.05, 0.1) is 0 Å². The van der Waals surface area contributed by atoms with E-state index in [-0.39, 0.29) is 0 Å². The molecular weight excluding hydrogens is 214 g/mol. The molecular formula is C14H15NO2. The van der Waals surface area contributed by atoms with Crippen LogP contribution in [0.25, 0.3) is 10.8 Å². The summed E-state index contributed by atoms with van der Waals surface area (Å²) in [4.78, 5) is 10.9. The smallest absolute Gasteiger partial charge is 0.325 e. The van der Waals surface area contributed by atoms with Crippen molar-refractivity contribution in [1.29, 1.82) is 0 Å². The van der Waals surface area contributed by atoms with Gasteiger partial charge in [-0.2, -0.15) is 0 Å². The van der Waals surface area contributed by atoms with Crippen LogP contribution in [0.3, 0.4) is 0 Å². The Bertz CT molecular complexity index is 563. The molecule has 2 aromatic carbocycles. The minimum Gasteiger partial charge on any atom is -0.480 e. The molecule has 88 valence electrons. The monoisotopic (exact) mass is 229 g/mol. The Kier molecular flexibility index (Phi) is 3.00. The number of aliphatic carboxylic acids is 1. The number of hydrogen-bond donors (Lipinski definition) is 2. The Morgan fingerprint density at radius 2 is 1.94 bits per heavy atom. The number of carbonyl (C=O) groups is 1. The first-order chi connectivity index (χ1) is 8.09. The van der Waals surface area contributed by atoms with E-state index in [1.807, 2.05) is 43.3 Å². The van der Waals surface area contributed by atoms with Crippen LogP contribution in [-0.2, 0) is 4.79 Å². The van der Waals surface area contributed by atoms with Crippen molar-refractivity contribution in [2.45, 2.75) is 19.9 Å². The van der Waals surface area contributed by atoms with Gasteiger partial charge in [-0.1, -0.05) is 36.4 Å². The molecule has 0 spiro atoms. The van der Waals surface area contributed by atoms with Crippen LogP contribution in [0.2, 0.25) is 0 Å². The second-order valence-electron chi connectivity index (χ2n) is 4.18. The summed E-state index contributed by atoms with van der Waals surface area (Å²) in [5, 5.41) is 14.2. The predicted octanol–water partition coefficient (Wildman–Crippen LogP) is 3.03. The second kappa shape index (κ2) is 4.45. The third-order valence-corrected chi connectivity index (χ3v) is 2.87. The van der Waals surface area contributed by atoms with Crippen molar-refractivity contribution in [1.82, 2.24) is 0 Å². The molecule has 3 nitrogen and oxygen atoms in total. The van der Waals surface area contributed by atoms with Gasteiger partial charge in [0.1, 0.15) is 6.04 Å². The molecule has 0 bridgehead atoms. The van der Waals surface area contributed by atoms with Crippen molar-refractivity contribution < 1.29 is 9.90 Å². The third kappa shape index (κ3) is 2.23. The maximum absolute atomic E-state index is 10.9. The lowest BCUT2D eigenvalue weighted by Gasteiger charge is -2.15. The van der Waals surface area contributed by atoms with Crippen molar-refractivity contribution in [3.8, 4) is 0 Å². The minimum absolute atomic E-state index is 0.598. The highest BCUT2D eigenvalue weighted by Gasteiger charge is 2.13. The minimum atomic E-state index is -0.850. The number of fused-ring (bicyclic) bond motifs is 1. The fraction of sp³-hybridized carbons (Fsp3) is 0.214. The molecule has 1 atom stereocenters. The molecule has 17 heavy (non-hydrogen) atoms. The van der Waals surface area contributed by atoms with Gasteiger partial charge in [0, 0.05) is 11.1 Å². The number of rotatable bonds is 3. The summed E-state index contributed by atoms with van der Waals surface area (Å²) in [5.41, 5.74) is 1.95. The predicted molar refractivity (Wildman–Crippen MR) is 69.4 cm³/mol. The largest absolute Gasteiger partial charge is 0.480 e. The molecule has 0 fully saturated rings. The van der Waals surface area contributed by atoms with Gasteiger partial charge >= 0.3 is 5.97 Å². The Labute approximate surface area is 100 Å². The number of benzene rings is 2. The van der Waals surface area contributed by atoms with E-state index in [2.05, 4.69) is 5.32 Å². The first kappa shape index (κ1) is 11.5. The molecule has 0 amide bonds. The molecule has 0 saturated carbocycles. The molecule has 2 aromatic rings. The average molecular weight is 229 g/mol. The average Bonchev–Trinajstić information content (AvgIpc) is 2.32. The quantitative estimate of drug-likeness (QED) is 0.850. The van der Waals surface area contributed by atoms with E-state index in [1.165, 1.54) is 0 Å². The van der Waals surface area contributed by atoms with Crippen LogP contribution < -0.4 is 5.32 Å². The fourth-order valence-electron chi connectivity index (χ4n) is 1.85. The van der Waals surface area contributed by atoms with E-state index in [9.17, 15) is 4.79 Å². The van der Waals surface area contributed by atoms with Gasteiger partial charge < -0.3 is 10.4 Å². The Morgan fingerprint density at radius 1 is 1.24 bits per heavy atom. The number of nitrogens with one attached hydrogen (secondary N) is 1. The van der Waals surface area contributed by atoms with Crippen LogP contribution in [0.5, 0.6) is 0 Å². The highest BCUT2D eigenvalue weighted by molar-refractivity contribution is 5.96. The van der Waals surface area contributed by atoms with Gasteiger partial charge in [-0.3, -0.25) is 4.79 Å². The number of hydrogen-bond acceptors (Lipinski definition) is 2. The Balaban J connectivity index is 2.51. The summed E-state index contributed by atoms with van der Waals surface area (Å²) in [6, 6.07) is 11.4. The summed E-state index contributed by atoms with van der Waals surface area (Å²) < 4.78 is 0. The molecule has 0 heterocycles. The summed E-state index contributed by atoms with van der Waals surface area (Å²) in [6.07, 6.45) is 0. The van der Waals surface area contributed by atoms with Crippen molar-refractivity contribution in [2.24, 2.45) is 0 Å². The van der Waals surface area contributed by atoms with Gasteiger partial charge in [0.2, 0.25) is 0 Å². The molecule has 2 rings (SSSR count). The maximum Gasteiger partial charge on any atom is 0.325 e. The number of carboxylic acids is 1. The number of aryl methyl sites for hydroxylation is 1. The van der Waals surface area contributed by atoms with Crippen molar-refractivity contribution >= 4 is 22.4 Å². The highest BCUT2D eigenvalue weighted by Crippen LogP contribution is 2.27. The van der Waals surface area contributed by atoms with Gasteiger partial charge in [0.25, 0.3) is 0 Å². The second-order valence-corrected chi connectivity index (χ2v) is 4.18. The van der Waals surface area contributed by atoms with E-state index in [1.54, 1.807) is 6.92 Å². The van der Waals surface area contributed by atoms with E-state index < -0.39 is 12.0 Å². The number of carboxylic acid groups (broad SMARTS) is 1. The zero-order valence-corrected chi connectivity index (χ0v) is 9.90. The summed E-state index contributed by atoms with van der Waals surface area (Å²) >= 11 is 0. The van der Waals surface area contributed by atoms with E-state index in [0.717, 1.165) is 22.0 Å². The Morgan fingerprint density at radius 3 is 2.65 bits per heavy atom. The zero-order valence-electron chi connectivity index (χ0n) is 9.90. The van der Waals surface area contributed by atoms with Crippen molar-refractivity contribution in [3.05, 3.63) is 42.0 Å². The van der Waals surface area contributed by atoms with E-state index in [4.69, 9.17) is 5.11 Å². The van der Waals surface area contributed by atoms with Gasteiger partial charge in [0.15, 0.2) is 0 Å². The van der Waals surface area contributed by atoms with Gasteiger partial charge in [-0.25, -0.2) is 0 Å².